The molecule has 3 aromatic rings. The molecule has 1 fully saturated rings. The van der Waals surface area contributed by atoms with Gasteiger partial charge >= 0.3 is 6.09 Å². The Hall–Kier alpha value is -2.97. The molecule has 0 radical (unpaired) electrons. The number of halogens is 1. The third-order valence-corrected chi connectivity index (χ3v) is 9.03. The minimum Gasteiger partial charge on any atom is -0.442 e. The summed E-state index contributed by atoms with van der Waals surface area (Å²) in [4.78, 5) is 26.0. The lowest BCUT2D eigenvalue weighted by Gasteiger charge is -2.47. The van der Waals surface area contributed by atoms with Gasteiger partial charge in [-0.1, -0.05) is 32.0 Å². The van der Waals surface area contributed by atoms with Crippen molar-refractivity contribution in [2.24, 2.45) is 5.92 Å². The van der Waals surface area contributed by atoms with Gasteiger partial charge in [0.25, 0.3) is 0 Å². The van der Waals surface area contributed by atoms with Gasteiger partial charge in [0.15, 0.2) is 0 Å². The molecule has 0 spiro atoms. The lowest BCUT2D eigenvalue weighted by Crippen LogP contribution is -2.52. The van der Waals surface area contributed by atoms with Gasteiger partial charge in [0.2, 0.25) is 0 Å². The Morgan fingerprint density at radius 1 is 1.20 bits per heavy atom. The molecule has 1 saturated heterocycles. The number of H-pyrrole nitrogens is 1. The summed E-state index contributed by atoms with van der Waals surface area (Å²) >= 11 is 0. The fourth-order valence-corrected chi connectivity index (χ4v) is 6.81. The number of rotatable bonds is 9. The van der Waals surface area contributed by atoms with Crippen molar-refractivity contribution in [3.63, 3.8) is 0 Å². The van der Waals surface area contributed by atoms with Crippen LogP contribution in [0.1, 0.15) is 67.1 Å². The Balaban J connectivity index is 1.29. The van der Waals surface area contributed by atoms with E-state index in [1.807, 2.05) is 6.07 Å². The highest BCUT2D eigenvalue weighted by molar-refractivity contribution is 5.81. The summed E-state index contributed by atoms with van der Waals surface area (Å²) in [5.74, 6) is 1.03. The van der Waals surface area contributed by atoms with Gasteiger partial charge in [-0.3, -0.25) is 0 Å². The number of amides is 1. The van der Waals surface area contributed by atoms with Gasteiger partial charge in [0.1, 0.15) is 17.2 Å². The normalized spacial score (nSPS) is 21.1. The van der Waals surface area contributed by atoms with E-state index < -0.39 is 5.60 Å². The number of nitrogens with one attached hydrogen (secondary N) is 1. The van der Waals surface area contributed by atoms with Crippen LogP contribution in [0, 0.1) is 25.6 Å². The summed E-state index contributed by atoms with van der Waals surface area (Å²) in [6.45, 7) is 12.5. The molecule has 2 aliphatic rings. The van der Waals surface area contributed by atoms with E-state index in [9.17, 15) is 9.18 Å². The molecule has 5 rings (SSSR count). The van der Waals surface area contributed by atoms with Crippen LogP contribution in [0.2, 0.25) is 0 Å². The number of hydrogen-bond acceptors (Lipinski definition) is 5. The van der Waals surface area contributed by atoms with Gasteiger partial charge in [-0.15, -0.1) is 0 Å². The van der Waals surface area contributed by atoms with Crippen molar-refractivity contribution in [1.29, 1.82) is 0 Å². The zero-order chi connectivity index (χ0) is 29.1. The van der Waals surface area contributed by atoms with E-state index in [1.165, 1.54) is 11.1 Å². The zero-order valence-electron chi connectivity index (χ0n) is 25.3. The van der Waals surface area contributed by atoms with Crippen LogP contribution in [0.15, 0.2) is 30.3 Å². The Bertz CT molecular complexity index is 1330. The summed E-state index contributed by atoms with van der Waals surface area (Å²) in [6, 6.07) is 9.38. The van der Waals surface area contributed by atoms with E-state index in [0.29, 0.717) is 39.1 Å². The minimum atomic E-state index is -0.656. The monoisotopic (exact) mass is 564 g/mol. The Morgan fingerprint density at radius 2 is 1.95 bits per heavy atom. The Morgan fingerprint density at radius 3 is 2.68 bits per heavy atom. The van der Waals surface area contributed by atoms with Crippen LogP contribution in [-0.2, 0) is 22.3 Å². The fourth-order valence-electron chi connectivity index (χ4n) is 6.81. The van der Waals surface area contributed by atoms with Gasteiger partial charge in [0.05, 0.1) is 24.2 Å². The van der Waals surface area contributed by atoms with E-state index >= 15 is 0 Å². The predicted octanol–water partition coefficient (Wildman–Crippen LogP) is 6.17. The van der Waals surface area contributed by atoms with Gasteiger partial charge in [-0.05, 0) is 87.0 Å². The van der Waals surface area contributed by atoms with Crippen molar-refractivity contribution >= 4 is 17.1 Å². The SMILES string of the molecule is Cc1ccc(C)c2[nH]c(CCCN(C)CC[C@]3(OC(=O)N4CCOCC4)CCc4cc(F)ccc4[C@H]3C(C)C)nc12. The summed E-state index contributed by atoms with van der Waals surface area (Å²) in [5.41, 5.74) is 6.10. The molecular weight excluding hydrogens is 519 g/mol. The van der Waals surface area contributed by atoms with Crippen LogP contribution >= 0.6 is 0 Å². The Kier molecular flexibility index (Phi) is 9.00. The number of aromatic amines is 1. The third kappa shape index (κ3) is 6.44. The number of aryl methyl sites for hydroxylation is 4. The van der Waals surface area contributed by atoms with Crippen molar-refractivity contribution in [3.05, 3.63) is 64.2 Å². The molecule has 41 heavy (non-hydrogen) atoms. The van der Waals surface area contributed by atoms with Crippen LogP contribution in [0.4, 0.5) is 9.18 Å². The maximum atomic E-state index is 14.1. The topological polar surface area (TPSA) is 70.7 Å². The summed E-state index contributed by atoms with van der Waals surface area (Å²) in [5, 5.41) is 0. The molecule has 1 N–H and O–H groups in total. The van der Waals surface area contributed by atoms with Crippen molar-refractivity contribution in [3.8, 4) is 0 Å². The third-order valence-electron chi connectivity index (χ3n) is 9.03. The van der Waals surface area contributed by atoms with E-state index in [4.69, 9.17) is 14.5 Å². The molecule has 2 aromatic carbocycles. The number of imidazole rings is 1. The molecule has 1 aliphatic heterocycles. The summed E-state index contributed by atoms with van der Waals surface area (Å²) < 4.78 is 26.2. The lowest BCUT2D eigenvalue weighted by atomic mass is 9.65. The molecule has 2 atom stereocenters. The lowest BCUT2D eigenvalue weighted by molar-refractivity contribution is -0.0670. The molecule has 2 heterocycles. The molecule has 0 bridgehead atoms. The number of carbonyl (C=O) groups is 1. The van der Waals surface area contributed by atoms with Crippen LogP contribution in [-0.4, -0.2) is 77.9 Å². The highest BCUT2D eigenvalue weighted by Gasteiger charge is 2.48. The average Bonchev–Trinajstić information content (AvgIpc) is 3.40. The fraction of sp³-hybridized carbons (Fsp3) is 0.576. The molecule has 0 saturated carbocycles. The first kappa shape index (κ1) is 29.5. The number of morpholine rings is 1. The van der Waals surface area contributed by atoms with Crippen LogP contribution in [0.25, 0.3) is 11.0 Å². The average molecular weight is 565 g/mol. The van der Waals surface area contributed by atoms with Crippen molar-refractivity contribution in [1.82, 2.24) is 19.8 Å². The predicted molar refractivity (Wildman–Crippen MR) is 160 cm³/mol. The number of aromatic nitrogens is 2. The second kappa shape index (κ2) is 12.5. The molecule has 222 valence electrons. The van der Waals surface area contributed by atoms with E-state index in [1.54, 1.807) is 17.0 Å². The standard InChI is InChI=1S/C33H45FN4O3/c1-22(2)29-27-11-10-26(34)21-25(27)12-13-33(29,41-32(39)38-17-19-40-20-18-38)14-16-37(5)15-6-7-28-35-30-23(3)8-9-24(4)31(30)36-28/h8-11,21-22,29H,6-7,12-20H2,1-5H3,(H,35,36)/t29-,33-/m1/s1. The summed E-state index contributed by atoms with van der Waals surface area (Å²) in [6.07, 6.45) is 3.70. The van der Waals surface area contributed by atoms with E-state index in [0.717, 1.165) is 60.3 Å². The van der Waals surface area contributed by atoms with Gasteiger partial charge in [0, 0.05) is 38.4 Å². The van der Waals surface area contributed by atoms with E-state index in [2.05, 4.69) is 56.8 Å². The first-order valence-corrected chi connectivity index (χ1v) is 15.1. The number of benzene rings is 2. The molecule has 1 amide bonds. The number of ether oxygens (including phenoxy) is 2. The largest absolute Gasteiger partial charge is 0.442 e. The first-order chi connectivity index (χ1) is 19.7. The maximum absolute atomic E-state index is 14.1. The molecule has 8 heteroatoms. The highest BCUT2D eigenvalue weighted by atomic mass is 19.1. The maximum Gasteiger partial charge on any atom is 0.410 e. The second-order valence-electron chi connectivity index (χ2n) is 12.4. The van der Waals surface area contributed by atoms with Crippen LogP contribution < -0.4 is 0 Å². The molecule has 1 aromatic heterocycles. The van der Waals surface area contributed by atoms with E-state index in [-0.39, 0.29) is 23.7 Å². The molecule has 0 unspecified atom stereocenters. The van der Waals surface area contributed by atoms with Crippen molar-refractivity contribution < 1.29 is 18.7 Å². The quantitative estimate of drug-likeness (QED) is 0.337. The van der Waals surface area contributed by atoms with Gasteiger partial charge in [-0.2, -0.15) is 0 Å². The van der Waals surface area contributed by atoms with Crippen LogP contribution in [0.3, 0.4) is 0 Å². The molecular formula is C33H45FN4O3. The number of carbonyl (C=O) groups excluding carboxylic acids is 1. The number of hydrogen-bond donors (Lipinski definition) is 1. The summed E-state index contributed by atoms with van der Waals surface area (Å²) in [7, 11) is 2.14. The van der Waals surface area contributed by atoms with Gasteiger partial charge in [-0.25, -0.2) is 14.2 Å². The second-order valence-corrected chi connectivity index (χ2v) is 12.4. The van der Waals surface area contributed by atoms with Crippen molar-refractivity contribution in [2.45, 2.75) is 71.3 Å². The minimum absolute atomic E-state index is 0.00716. The number of fused-ring (bicyclic) bond motifs is 2. The first-order valence-electron chi connectivity index (χ1n) is 15.1. The molecule has 7 nitrogen and oxygen atoms in total. The Labute approximate surface area is 243 Å². The zero-order valence-corrected chi connectivity index (χ0v) is 25.3. The van der Waals surface area contributed by atoms with Crippen LogP contribution in [0.5, 0.6) is 0 Å². The van der Waals surface area contributed by atoms with Crippen molar-refractivity contribution in [2.75, 3.05) is 46.4 Å². The smallest absolute Gasteiger partial charge is 0.410 e. The highest BCUT2D eigenvalue weighted by Crippen LogP contribution is 2.48. The number of nitrogens with zero attached hydrogens (tertiary/aromatic N) is 3. The molecule has 1 aliphatic carbocycles. The van der Waals surface area contributed by atoms with Gasteiger partial charge < -0.3 is 24.3 Å².